The number of nitrogens with one attached hydrogen (secondary N) is 1. The zero-order chi connectivity index (χ0) is 16.4. The van der Waals surface area contributed by atoms with Crippen molar-refractivity contribution < 1.29 is 17.9 Å². The third-order valence-corrected chi connectivity index (χ3v) is 4.54. The van der Waals surface area contributed by atoms with Gasteiger partial charge in [0.2, 0.25) is 10.0 Å². The van der Waals surface area contributed by atoms with Crippen molar-refractivity contribution in [1.29, 1.82) is 0 Å². The smallest absolute Gasteiger partial charge is 0.213 e. The van der Waals surface area contributed by atoms with Crippen molar-refractivity contribution in [2.75, 3.05) is 53.3 Å². The van der Waals surface area contributed by atoms with Gasteiger partial charge >= 0.3 is 0 Å². The van der Waals surface area contributed by atoms with Gasteiger partial charge < -0.3 is 14.4 Å². The van der Waals surface area contributed by atoms with Gasteiger partial charge in [-0.3, -0.25) is 0 Å². The normalized spacial score (nSPS) is 13.5. The molecule has 1 N–H and O–H groups in total. The lowest BCUT2D eigenvalue weighted by Crippen LogP contribution is -2.36. The van der Waals surface area contributed by atoms with Gasteiger partial charge in [-0.2, -0.15) is 0 Å². The third kappa shape index (κ3) is 7.33. The molecule has 0 aliphatic heterocycles. The van der Waals surface area contributed by atoms with Crippen LogP contribution in [0, 0.1) is 0 Å². The Morgan fingerprint density at radius 3 is 2.41 bits per heavy atom. The molecular formula is C15H26N2O4S. The number of hydrogen-bond acceptors (Lipinski definition) is 5. The molecule has 0 heterocycles. The van der Waals surface area contributed by atoms with E-state index >= 15 is 0 Å². The second-order valence-electron chi connectivity index (χ2n) is 5.16. The van der Waals surface area contributed by atoms with E-state index in [0.717, 1.165) is 5.56 Å². The van der Waals surface area contributed by atoms with E-state index in [1.807, 2.05) is 49.3 Å². The molecule has 0 bridgehead atoms. The maximum atomic E-state index is 12.0. The highest BCUT2D eigenvalue weighted by Gasteiger charge is 2.17. The fraction of sp³-hybridized carbons (Fsp3) is 0.600. The van der Waals surface area contributed by atoms with Crippen LogP contribution in [0.1, 0.15) is 11.6 Å². The molecule has 0 amide bonds. The van der Waals surface area contributed by atoms with Gasteiger partial charge in [0.05, 0.1) is 25.6 Å². The number of sulfonamides is 1. The van der Waals surface area contributed by atoms with E-state index in [9.17, 15) is 8.42 Å². The molecule has 1 unspecified atom stereocenters. The van der Waals surface area contributed by atoms with Crippen LogP contribution in [0.3, 0.4) is 0 Å². The molecule has 22 heavy (non-hydrogen) atoms. The zero-order valence-electron chi connectivity index (χ0n) is 13.5. The Balaban J connectivity index is 2.47. The van der Waals surface area contributed by atoms with Crippen LogP contribution in [0.15, 0.2) is 30.3 Å². The molecule has 0 radical (unpaired) electrons. The van der Waals surface area contributed by atoms with Crippen molar-refractivity contribution in [2.24, 2.45) is 0 Å². The molecule has 7 heteroatoms. The molecule has 1 aromatic rings. The topological polar surface area (TPSA) is 67.9 Å². The first kappa shape index (κ1) is 19.1. The molecule has 0 aromatic heterocycles. The van der Waals surface area contributed by atoms with Crippen LogP contribution in [0.2, 0.25) is 0 Å². The summed E-state index contributed by atoms with van der Waals surface area (Å²) in [7, 11) is 2.09. The van der Waals surface area contributed by atoms with Crippen LogP contribution >= 0.6 is 0 Å². The first-order valence-electron chi connectivity index (χ1n) is 7.21. The molecule has 0 saturated heterocycles. The Bertz CT molecular complexity index is 506. The average Bonchev–Trinajstić information content (AvgIpc) is 2.48. The van der Waals surface area contributed by atoms with Crippen molar-refractivity contribution in [3.8, 4) is 0 Å². The van der Waals surface area contributed by atoms with Gasteiger partial charge in [0.15, 0.2) is 0 Å². The number of hydrogen-bond donors (Lipinski definition) is 1. The van der Waals surface area contributed by atoms with Gasteiger partial charge in [-0.25, -0.2) is 13.1 Å². The molecule has 6 nitrogen and oxygen atoms in total. The van der Waals surface area contributed by atoms with Crippen molar-refractivity contribution in [1.82, 2.24) is 9.62 Å². The standard InChI is InChI=1S/C15H26N2O4S/c1-17(2)15(14-7-5-4-6-8-14)13-16-22(18,19)12-11-21-10-9-20-3/h4-8,15-16H,9-13H2,1-3H3. The summed E-state index contributed by atoms with van der Waals surface area (Å²) < 4.78 is 36.6. The molecule has 126 valence electrons. The Morgan fingerprint density at radius 1 is 1.14 bits per heavy atom. The summed E-state index contributed by atoms with van der Waals surface area (Å²) in [5, 5.41) is 0. The lowest BCUT2D eigenvalue weighted by Gasteiger charge is -2.25. The number of ether oxygens (including phenoxy) is 2. The van der Waals surface area contributed by atoms with Gasteiger partial charge in [-0.05, 0) is 19.7 Å². The first-order valence-corrected chi connectivity index (χ1v) is 8.87. The number of benzene rings is 1. The highest BCUT2D eigenvalue weighted by Crippen LogP contribution is 2.16. The molecule has 0 aliphatic rings. The van der Waals surface area contributed by atoms with Crippen LogP contribution in [0.5, 0.6) is 0 Å². The summed E-state index contributed by atoms with van der Waals surface area (Å²) in [6.07, 6.45) is 0. The SMILES string of the molecule is COCCOCCS(=O)(=O)NCC(c1ccccc1)N(C)C. The first-order chi connectivity index (χ1) is 10.5. The molecule has 0 fully saturated rings. The summed E-state index contributed by atoms with van der Waals surface area (Å²) in [5.41, 5.74) is 1.08. The Hall–Kier alpha value is -0.990. The Labute approximate surface area is 133 Å². The molecule has 0 saturated carbocycles. The predicted molar refractivity (Wildman–Crippen MR) is 87.4 cm³/mol. The van der Waals surface area contributed by atoms with Gasteiger partial charge in [0.25, 0.3) is 0 Å². The van der Waals surface area contributed by atoms with E-state index in [2.05, 4.69) is 4.72 Å². The van der Waals surface area contributed by atoms with E-state index in [-0.39, 0.29) is 18.4 Å². The Kier molecular flexibility index (Phi) is 8.59. The molecular weight excluding hydrogens is 304 g/mol. The minimum atomic E-state index is -3.35. The third-order valence-electron chi connectivity index (χ3n) is 3.23. The van der Waals surface area contributed by atoms with Crippen LogP contribution in [-0.2, 0) is 19.5 Å². The minimum absolute atomic E-state index is 0.00890. The maximum absolute atomic E-state index is 12.0. The fourth-order valence-electron chi connectivity index (χ4n) is 1.96. The quantitative estimate of drug-likeness (QED) is 0.610. The van der Waals surface area contributed by atoms with E-state index in [1.165, 1.54) is 0 Å². The minimum Gasteiger partial charge on any atom is -0.382 e. The number of nitrogens with zero attached hydrogens (tertiary/aromatic N) is 1. The predicted octanol–water partition coefficient (Wildman–Crippen LogP) is 0.872. The lowest BCUT2D eigenvalue weighted by molar-refractivity contribution is 0.0784. The van der Waals surface area contributed by atoms with Crippen molar-refractivity contribution in [2.45, 2.75) is 6.04 Å². The molecule has 0 aliphatic carbocycles. The van der Waals surface area contributed by atoms with E-state index in [1.54, 1.807) is 7.11 Å². The summed E-state index contributed by atoms with van der Waals surface area (Å²) in [4.78, 5) is 1.99. The van der Waals surface area contributed by atoms with Crippen molar-refractivity contribution in [3.05, 3.63) is 35.9 Å². The van der Waals surface area contributed by atoms with Crippen LogP contribution in [0.4, 0.5) is 0 Å². The lowest BCUT2D eigenvalue weighted by atomic mass is 10.1. The molecule has 1 rings (SSSR count). The summed E-state index contributed by atoms with van der Waals surface area (Å²) >= 11 is 0. The zero-order valence-corrected chi connectivity index (χ0v) is 14.3. The van der Waals surface area contributed by atoms with Gasteiger partial charge in [0.1, 0.15) is 0 Å². The van der Waals surface area contributed by atoms with Crippen molar-refractivity contribution >= 4 is 10.0 Å². The Morgan fingerprint density at radius 2 is 1.82 bits per heavy atom. The van der Waals surface area contributed by atoms with Gasteiger partial charge in [-0.1, -0.05) is 30.3 Å². The van der Waals surface area contributed by atoms with Crippen LogP contribution in [-0.4, -0.2) is 66.6 Å². The maximum Gasteiger partial charge on any atom is 0.213 e. The second-order valence-corrected chi connectivity index (χ2v) is 7.09. The van der Waals surface area contributed by atoms with Gasteiger partial charge in [0, 0.05) is 19.7 Å². The van der Waals surface area contributed by atoms with Gasteiger partial charge in [-0.15, -0.1) is 0 Å². The second kappa shape index (κ2) is 9.91. The van der Waals surface area contributed by atoms with Crippen LogP contribution in [0.25, 0.3) is 0 Å². The van der Waals surface area contributed by atoms with Crippen molar-refractivity contribution in [3.63, 3.8) is 0 Å². The molecule has 1 aromatic carbocycles. The fourth-order valence-corrected chi connectivity index (χ4v) is 2.86. The molecule has 1 atom stereocenters. The number of likely N-dealkylation sites (N-methyl/N-ethyl adjacent to an activating group) is 1. The highest BCUT2D eigenvalue weighted by atomic mass is 32.2. The van der Waals surface area contributed by atoms with E-state index < -0.39 is 10.0 Å². The number of methoxy groups -OCH3 is 1. The summed E-state index contributed by atoms with van der Waals surface area (Å²) in [5.74, 6) is -0.0499. The van der Waals surface area contributed by atoms with Crippen LogP contribution < -0.4 is 4.72 Å². The molecule has 0 spiro atoms. The van der Waals surface area contributed by atoms with E-state index in [0.29, 0.717) is 19.8 Å². The summed E-state index contributed by atoms with van der Waals surface area (Å²) in [6.45, 7) is 1.36. The largest absolute Gasteiger partial charge is 0.382 e. The van der Waals surface area contributed by atoms with E-state index in [4.69, 9.17) is 9.47 Å². The number of rotatable bonds is 11. The average molecular weight is 330 g/mol. The summed E-state index contributed by atoms with van der Waals surface area (Å²) in [6, 6.07) is 9.82. The highest BCUT2D eigenvalue weighted by molar-refractivity contribution is 7.89. The monoisotopic (exact) mass is 330 g/mol.